The second kappa shape index (κ2) is 8.48. The maximum atomic E-state index is 12.8. The number of aryl methyl sites for hydroxylation is 1. The van der Waals surface area contributed by atoms with E-state index in [9.17, 15) is 9.59 Å². The molecule has 1 aliphatic rings. The SMILES string of the molecule is Cc1ccc(/C=C/C(=O)O[C@@H](C(=O)N2CCCC2)c2ccccc2)cc1. The molecule has 4 heteroatoms. The maximum absolute atomic E-state index is 12.8. The fraction of sp³-hybridized carbons (Fsp3) is 0.273. The van der Waals surface area contributed by atoms with Crippen molar-refractivity contribution in [2.75, 3.05) is 13.1 Å². The first-order valence-corrected chi connectivity index (χ1v) is 8.92. The minimum absolute atomic E-state index is 0.147. The Bertz CT molecular complexity index is 775. The first kappa shape index (κ1) is 17.9. The molecule has 26 heavy (non-hydrogen) atoms. The van der Waals surface area contributed by atoms with Gasteiger partial charge in [0.05, 0.1) is 0 Å². The first-order valence-electron chi connectivity index (χ1n) is 8.92. The molecule has 1 aliphatic heterocycles. The third-order valence-corrected chi connectivity index (χ3v) is 4.47. The summed E-state index contributed by atoms with van der Waals surface area (Å²) >= 11 is 0. The molecule has 1 saturated heterocycles. The highest BCUT2D eigenvalue weighted by atomic mass is 16.5. The molecule has 0 aromatic heterocycles. The predicted molar refractivity (Wildman–Crippen MR) is 101 cm³/mol. The van der Waals surface area contributed by atoms with Gasteiger partial charge in [0.2, 0.25) is 6.10 Å². The van der Waals surface area contributed by atoms with Crippen LogP contribution in [0.25, 0.3) is 6.08 Å². The van der Waals surface area contributed by atoms with E-state index < -0.39 is 12.1 Å². The van der Waals surface area contributed by atoms with Gasteiger partial charge in [0, 0.05) is 24.7 Å². The zero-order valence-electron chi connectivity index (χ0n) is 14.9. The number of rotatable bonds is 5. The van der Waals surface area contributed by atoms with E-state index >= 15 is 0 Å². The van der Waals surface area contributed by atoms with E-state index in [-0.39, 0.29) is 5.91 Å². The predicted octanol–water partition coefficient (Wildman–Crippen LogP) is 3.92. The smallest absolute Gasteiger partial charge is 0.331 e. The molecule has 2 aromatic rings. The molecule has 0 saturated carbocycles. The van der Waals surface area contributed by atoms with Gasteiger partial charge in [0.25, 0.3) is 5.91 Å². The molecular weight excluding hydrogens is 326 g/mol. The van der Waals surface area contributed by atoms with Gasteiger partial charge in [-0.05, 0) is 31.4 Å². The van der Waals surface area contributed by atoms with E-state index in [1.807, 2.05) is 61.5 Å². The quantitative estimate of drug-likeness (QED) is 0.607. The van der Waals surface area contributed by atoms with Crippen molar-refractivity contribution in [3.63, 3.8) is 0 Å². The van der Waals surface area contributed by atoms with Crippen molar-refractivity contribution in [2.45, 2.75) is 25.9 Å². The van der Waals surface area contributed by atoms with Gasteiger partial charge >= 0.3 is 5.97 Å². The van der Waals surface area contributed by atoms with Crippen LogP contribution in [0.4, 0.5) is 0 Å². The number of hydrogen-bond acceptors (Lipinski definition) is 3. The summed E-state index contributed by atoms with van der Waals surface area (Å²) in [7, 11) is 0. The van der Waals surface area contributed by atoms with E-state index in [0.717, 1.165) is 37.1 Å². The van der Waals surface area contributed by atoms with Gasteiger partial charge in [0.1, 0.15) is 0 Å². The Morgan fingerprint density at radius 2 is 1.65 bits per heavy atom. The zero-order valence-corrected chi connectivity index (χ0v) is 14.9. The van der Waals surface area contributed by atoms with Gasteiger partial charge in [-0.25, -0.2) is 4.79 Å². The van der Waals surface area contributed by atoms with Crippen molar-refractivity contribution in [3.05, 3.63) is 77.4 Å². The highest BCUT2D eigenvalue weighted by Crippen LogP contribution is 2.23. The molecule has 1 amide bonds. The Labute approximate surface area is 154 Å². The van der Waals surface area contributed by atoms with E-state index in [2.05, 4.69) is 0 Å². The molecule has 134 valence electrons. The number of ether oxygens (including phenoxy) is 1. The molecule has 1 atom stereocenters. The largest absolute Gasteiger partial charge is 0.444 e. The minimum atomic E-state index is -0.899. The van der Waals surface area contributed by atoms with E-state index in [1.54, 1.807) is 11.0 Å². The summed E-state index contributed by atoms with van der Waals surface area (Å²) < 4.78 is 5.54. The molecule has 0 unspecified atom stereocenters. The summed E-state index contributed by atoms with van der Waals surface area (Å²) in [5.41, 5.74) is 2.77. The second-order valence-corrected chi connectivity index (χ2v) is 6.50. The summed E-state index contributed by atoms with van der Waals surface area (Å²) in [6.07, 6.45) is 4.16. The van der Waals surface area contributed by atoms with E-state index in [0.29, 0.717) is 5.56 Å². The molecule has 0 bridgehead atoms. The topological polar surface area (TPSA) is 46.6 Å². The van der Waals surface area contributed by atoms with Gasteiger partial charge in [-0.1, -0.05) is 60.2 Å². The third-order valence-electron chi connectivity index (χ3n) is 4.47. The normalized spacial score (nSPS) is 15.2. The number of carbonyl (C=O) groups excluding carboxylic acids is 2. The molecule has 1 heterocycles. The van der Waals surface area contributed by atoms with Crippen LogP contribution < -0.4 is 0 Å². The van der Waals surface area contributed by atoms with Crippen LogP contribution in [0.3, 0.4) is 0 Å². The Morgan fingerprint density at radius 3 is 2.31 bits per heavy atom. The van der Waals surface area contributed by atoms with Crippen molar-refractivity contribution in [2.24, 2.45) is 0 Å². The molecule has 2 aromatic carbocycles. The van der Waals surface area contributed by atoms with Crippen LogP contribution in [0, 0.1) is 6.92 Å². The second-order valence-electron chi connectivity index (χ2n) is 6.50. The van der Waals surface area contributed by atoms with Crippen molar-refractivity contribution in [1.82, 2.24) is 4.90 Å². The fourth-order valence-corrected chi connectivity index (χ4v) is 2.99. The number of esters is 1. The summed E-state index contributed by atoms with van der Waals surface area (Å²) in [6, 6.07) is 17.0. The first-order chi connectivity index (χ1) is 12.6. The maximum Gasteiger partial charge on any atom is 0.331 e. The molecule has 0 N–H and O–H groups in total. The van der Waals surface area contributed by atoms with Crippen molar-refractivity contribution < 1.29 is 14.3 Å². The monoisotopic (exact) mass is 349 g/mol. The van der Waals surface area contributed by atoms with Crippen LogP contribution in [0.15, 0.2) is 60.7 Å². The van der Waals surface area contributed by atoms with Crippen LogP contribution in [0.2, 0.25) is 0 Å². The van der Waals surface area contributed by atoms with Crippen LogP contribution >= 0.6 is 0 Å². The van der Waals surface area contributed by atoms with Gasteiger partial charge < -0.3 is 9.64 Å². The lowest BCUT2D eigenvalue weighted by atomic mass is 10.1. The number of nitrogens with zero attached hydrogens (tertiary/aromatic N) is 1. The van der Waals surface area contributed by atoms with E-state index in [4.69, 9.17) is 4.74 Å². The standard InChI is InChI=1S/C22H23NO3/c1-17-9-11-18(12-10-17)13-14-20(24)26-21(19-7-3-2-4-8-19)22(25)23-15-5-6-16-23/h2-4,7-14,21H,5-6,15-16H2,1H3/b14-13+/t21-/m1/s1. The third kappa shape index (κ3) is 4.60. The van der Waals surface area contributed by atoms with Crippen molar-refractivity contribution in [1.29, 1.82) is 0 Å². The molecule has 0 spiro atoms. The molecule has 4 nitrogen and oxygen atoms in total. The Morgan fingerprint density at radius 1 is 1.00 bits per heavy atom. The molecule has 0 aliphatic carbocycles. The lowest BCUT2D eigenvalue weighted by Gasteiger charge is -2.23. The van der Waals surface area contributed by atoms with Gasteiger partial charge in [-0.2, -0.15) is 0 Å². The molecular formula is C22H23NO3. The Kier molecular flexibility index (Phi) is 5.84. The molecule has 0 radical (unpaired) electrons. The number of hydrogen-bond donors (Lipinski definition) is 0. The zero-order chi connectivity index (χ0) is 18.4. The van der Waals surface area contributed by atoms with Crippen molar-refractivity contribution >= 4 is 18.0 Å². The average Bonchev–Trinajstić information content (AvgIpc) is 3.21. The summed E-state index contributed by atoms with van der Waals surface area (Å²) in [6.45, 7) is 3.45. The van der Waals surface area contributed by atoms with Crippen LogP contribution in [0.1, 0.15) is 35.6 Å². The lowest BCUT2D eigenvalue weighted by molar-refractivity contribution is -0.156. The number of carbonyl (C=O) groups is 2. The summed E-state index contributed by atoms with van der Waals surface area (Å²) in [5, 5.41) is 0. The Balaban J connectivity index is 1.73. The lowest BCUT2D eigenvalue weighted by Crippen LogP contribution is -2.34. The minimum Gasteiger partial charge on any atom is -0.444 e. The average molecular weight is 349 g/mol. The van der Waals surface area contributed by atoms with Gasteiger partial charge in [-0.15, -0.1) is 0 Å². The van der Waals surface area contributed by atoms with Crippen LogP contribution in [0.5, 0.6) is 0 Å². The van der Waals surface area contributed by atoms with Gasteiger partial charge in [-0.3, -0.25) is 4.79 Å². The highest BCUT2D eigenvalue weighted by molar-refractivity contribution is 5.91. The summed E-state index contributed by atoms with van der Waals surface area (Å²) in [5.74, 6) is -0.669. The van der Waals surface area contributed by atoms with Crippen LogP contribution in [-0.2, 0) is 14.3 Å². The number of likely N-dealkylation sites (tertiary alicyclic amines) is 1. The van der Waals surface area contributed by atoms with Gasteiger partial charge in [0.15, 0.2) is 0 Å². The summed E-state index contributed by atoms with van der Waals surface area (Å²) in [4.78, 5) is 26.9. The van der Waals surface area contributed by atoms with E-state index in [1.165, 1.54) is 6.08 Å². The molecule has 1 fully saturated rings. The van der Waals surface area contributed by atoms with Crippen LogP contribution in [-0.4, -0.2) is 29.9 Å². The number of amides is 1. The Hall–Kier alpha value is -2.88. The molecule has 3 rings (SSSR count). The van der Waals surface area contributed by atoms with Crippen molar-refractivity contribution in [3.8, 4) is 0 Å². The highest BCUT2D eigenvalue weighted by Gasteiger charge is 2.30. The fourth-order valence-electron chi connectivity index (χ4n) is 2.99. The number of benzene rings is 2.